The summed E-state index contributed by atoms with van der Waals surface area (Å²) in [5, 5.41) is 3.46. The minimum absolute atomic E-state index is 0.0765. The summed E-state index contributed by atoms with van der Waals surface area (Å²) < 4.78 is 41.9. The number of nitrogens with zero attached hydrogens (tertiary/aromatic N) is 1. The summed E-state index contributed by atoms with van der Waals surface area (Å²) in [6, 6.07) is 15.9. The molecule has 0 aromatic heterocycles. The Morgan fingerprint density at radius 2 is 1.77 bits per heavy atom. The van der Waals surface area contributed by atoms with Gasteiger partial charge in [-0.25, -0.2) is 12.8 Å². The second-order valence-corrected chi connectivity index (χ2v) is 11.7. The predicted molar refractivity (Wildman–Crippen MR) is 142 cm³/mol. The molecule has 0 saturated heterocycles. The van der Waals surface area contributed by atoms with E-state index in [0.29, 0.717) is 38.4 Å². The zero-order valence-corrected chi connectivity index (χ0v) is 22.4. The summed E-state index contributed by atoms with van der Waals surface area (Å²) >= 11 is 13.6. The van der Waals surface area contributed by atoms with Crippen LogP contribution in [0.3, 0.4) is 0 Å². The summed E-state index contributed by atoms with van der Waals surface area (Å²) in [5.41, 5.74) is 2.32. The van der Waals surface area contributed by atoms with Gasteiger partial charge in [0.1, 0.15) is 12.4 Å². The second kappa shape index (κ2) is 12.1. The molecule has 0 spiro atoms. The van der Waals surface area contributed by atoms with Crippen LogP contribution in [0.1, 0.15) is 16.7 Å². The van der Waals surface area contributed by atoms with Gasteiger partial charge in [0.2, 0.25) is 5.91 Å². The molecule has 0 radical (unpaired) electrons. The lowest BCUT2D eigenvalue weighted by molar-refractivity contribution is -0.119. The molecular weight excluding hydrogens is 530 g/mol. The largest absolute Gasteiger partial charge is 0.354 e. The highest BCUT2D eigenvalue weighted by Gasteiger charge is 2.28. The third kappa shape index (κ3) is 7.13. The zero-order valence-electron chi connectivity index (χ0n) is 19.2. The molecule has 0 aliphatic heterocycles. The molecule has 0 saturated carbocycles. The van der Waals surface area contributed by atoms with Crippen molar-refractivity contribution >= 4 is 56.6 Å². The van der Waals surface area contributed by atoms with Gasteiger partial charge in [0.25, 0.3) is 10.0 Å². The van der Waals surface area contributed by atoms with Gasteiger partial charge in [-0.2, -0.15) is 11.8 Å². The van der Waals surface area contributed by atoms with Crippen molar-refractivity contribution in [3.63, 3.8) is 0 Å². The highest BCUT2D eigenvalue weighted by Crippen LogP contribution is 2.29. The molecule has 0 heterocycles. The van der Waals surface area contributed by atoms with Crippen LogP contribution in [0, 0.1) is 19.7 Å². The lowest BCUT2D eigenvalue weighted by Crippen LogP contribution is -2.41. The molecule has 3 aromatic rings. The van der Waals surface area contributed by atoms with E-state index in [1.165, 1.54) is 36.0 Å². The number of hydrogen-bond acceptors (Lipinski definition) is 4. The van der Waals surface area contributed by atoms with E-state index in [-0.39, 0.29) is 17.3 Å². The number of amides is 1. The average Bonchev–Trinajstić information content (AvgIpc) is 2.81. The number of carbonyl (C=O) groups excluding carboxylic acids is 1. The van der Waals surface area contributed by atoms with Crippen LogP contribution in [-0.4, -0.2) is 33.2 Å². The van der Waals surface area contributed by atoms with Crippen LogP contribution in [0.4, 0.5) is 10.1 Å². The highest BCUT2D eigenvalue weighted by molar-refractivity contribution is 7.98. The summed E-state index contributed by atoms with van der Waals surface area (Å²) in [6.45, 7) is 3.48. The number of anilines is 1. The van der Waals surface area contributed by atoms with Crippen molar-refractivity contribution in [2.75, 3.05) is 23.1 Å². The van der Waals surface area contributed by atoms with Crippen LogP contribution >= 0.6 is 35.0 Å². The zero-order chi connectivity index (χ0) is 25.6. The van der Waals surface area contributed by atoms with Gasteiger partial charge in [-0.15, -0.1) is 0 Å². The maximum Gasteiger partial charge on any atom is 0.264 e. The van der Waals surface area contributed by atoms with Crippen LogP contribution < -0.4 is 9.62 Å². The Labute approximate surface area is 219 Å². The lowest BCUT2D eigenvalue weighted by atomic mass is 10.2. The van der Waals surface area contributed by atoms with Crippen LogP contribution in [-0.2, 0) is 20.6 Å². The minimum Gasteiger partial charge on any atom is -0.354 e. The van der Waals surface area contributed by atoms with Crippen molar-refractivity contribution < 1.29 is 17.6 Å². The van der Waals surface area contributed by atoms with E-state index in [4.69, 9.17) is 23.2 Å². The van der Waals surface area contributed by atoms with Crippen molar-refractivity contribution in [1.29, 1.82) is 0 Å². The maximum atomic E-state index is 13.9. The Morgan fingerprint density at radius 3 is 2.46 bits per heavy atom. The summed E-state index contributed by atoms with van der Waals surface area (Å²) in [7, 11) is -4.03. The first kappa shape index (κ1) is 27.3. The van der Waals surface area contributed by atoms with Crippen molar-refractivity contribution in [3.8, 4) is 0 Å². The summed E-state index contributed by atoms with van der Waals surface area (Å²) in [6.07, 6.45) is 0. The van der Waals surface area contributed by atoms with Crippen LogP contribution in [0.5, 0.6) is 0 Å². The van der Waals surface area contributed by atoms with E-state index < -0.39 is 22.5 Å². The predicted octanol–water partition coefficient (Wildman–Crippen LogP) is 5.99. The van der Waals surface area contributed by atoms with Gasteiger partial charge in [-0.3, -0.25) is 9.10 Å². The van der Waals surface area contributed by atoms with E-state index in [1.54, 1.807) is 43.3 Å². The average molecular weight is 556 g/mol. The maximum absolute atomic E-state index is 13.9. The number of thioether (sulfide) groups is 1. The molecule has 1 N–H and O–H groups in total. The monoisotopic (exact) mass is 554 g/mol. The van der Waals surface area contributed by atoms with Gasteiger partial charge >= 0.3 is 0 Å². The SMILES string of the molecule is Cc1ccc(S(=O)(=O)N(CC(=O)NCCSCc2c(F)cccc2Cl)c2cc(Cl)ccc2C)cc1. The molecule has 0 aliphatic rings. The molecule has 0 fully saturated rings. The number of halogens is 3. The number of nitrogens with one attached hydrogen (secondary N) is 1. The first-order valence-corrected chi connectivity index (χ1v) is 14.1. The molecule has 10 heteroatoms. The molecule has 0 bridgehead atoms. The lowest BCUT2D eigenvalue weighted by Gasteiger charge is -2.26. The molecular formula is C25H25Cl2FN2O3S2. The number of hydrogen-bond donors (Lipinski definition) is 1. The standard InChI is InChI=1S/C25H25Cl2FN2O3S2/c1-17-6-10-20(11-7-17)35(32,33)30(24-14-19(26)9-8-18(24)2)15-25(31)29-12-13-34-16-21-22(27)4-3-5-23(21)28/h3-11,14H,12-13,15-16H2,1-2H3,(H,29,31). The van der Waals surface area contributed by atoms with Crippen molar-refractivity contribution in [1.82, 2.24) is 5.32 Å². The second-order valence-electron chi connectivity index (χ2n) is 7.86. The fourth-order valence-electron chi connectivity index (χ4n) is 3.28. The van der Waals surface area contributed by atoms with Gasteiger partial charge in [-0.1, -0.05) is 53.0 Å². The van der Waals surface area contributed by atoms with E-state index in [9.17, 15) is 17.6 Å². The Kier molecular flexibility index (Phi) is 9.47. The number of aryl methyl sites for hydroxylation is 2. The summed E-state index contributed by atoms with van der Waals surface area (Å²) in [5.74, 6) is 0.0152. The fraction of sp³-hybridized carbons (Fsp3) is 0.240. The molecule has 3 aromatic carbocycles. The van der Waals surface area contributed by atoms with Crippen LogP contribution in [0.2, 0.25) is 10.0 Å². The van der Waals surface area contributed by atoms with Crippen molar-refractivity contribution in [2.24, 2.45) is 0 Å². The highest BCUT2D eigenvalue weighted by atomic mass is 35.5. The van der Waals surface area contributed by atoms with E-state index in [2.05, 4.69) is 5.32 Å². The third-order valence-electron chi connectivity index (χ3n) is 5.21. The Morgan fingerprint density at radius 1 is 1.06 bits per heavy atom. The topological polar surface area (TPSA) is 66.5 Å². The quantitative estimate of drug-likeness (QED) is 0.312. The summed E-state index contributed by atoms with van der Waals surface area (Å²) in [4.78, 5) is 12.8. The van der Waals surface area contributed by atoms with Gasteiger partial charge in [-0.05, 0) is 55.8 Å². The van der Waals surface area contributed by atoms with Crippen molar-refractivity contribution in [3.05, 3.63) is 93.2 Å². The molecule has 3 rings (SSSR count). The Balaban J connectivity index is 1.70. The third-order valence-corrected chi connectivity index (χ3v) is 8.56. The first-order chi connectivity index (χ1) is 16.6. The van der Waals surface area contributed by atoms with Gasteiger partial charge < -0.3 is 5.32 Å². The van der Waals surface area contributed by atoms with E-state index >= 15 is 0 Å². The molecule has 0 unspecified atom stereocenters. The fourth-order valence-corrected chi connectivity index (χ4v) is 6.12. The normalized spacial score (nSPS) is 11.3. The smallest absolute Gasteiger partial charge is 0.264 e. The minimum atomic E-state index is -4.03. The van der Waals surface area contributed by atoms with Gasteiger partial charge in [0.15, 0.2) is 0 Å². The van der Waals surface area contributed by atoms with Crippen molar-refractivity contribution in [2.45, 2.75) is 24.5 Å². The Hall–Kier alpha value is -2.26. The number of benzene rings is 3. The molecule has 0 aliphatic carbocycles. The molecule has 1 amide bonds. The van der Waals surface area contributed by atoms with E-state index in [0.717, 1.165) is 9.87 Å². The molecule has 5 nitrogen and oxygen atoms in total. The van der Waals surface area contributed by atoms with Crippen LogP contribution in [0.25, 0.3) is 0 Å². The first-order valence-electron chi connectivity index (χ1n) is 10.7. The molecule has 35 heavy (non-hydrogen) atoms. The van der Waals surface area contributed by atoms with Gasteiger partial charge in [0, 0.05) is 33.7 Å². The van der Waals surface area contributed by atoms with Gasteiger partial charge in [0.05, 0.1) is 10.6 Å². The molecule has 186 valence electrons. The van der Waals surface area contributed by atoms with E-state index in [1.807, 2.05) is 6.92 Å². The van der Waals surface area contributed by atoms with Crippen LogP contribution in [0.15, 0.2) is 65.6 Å². The molecule has 0 atom stereocenters. The Bertz CT molecular complexity index is 1280. The number of carbonyl (C=O) groups is 1. The number of rotatable bonds is 10. The number of sulfonamides is 1.